The highest BCUT2D eigenvalue weighted by Gasteiger charge is 2.10. The number of carbonyl (C=O) groups is 1. The lowest BCUT2D eigenvalue weighted by molar-refractivity contribution is -0.116. The molecule has 0 aliphatic heterocycles. The van der Waals surface area contributed by atoms with E-state index in [1.807, 2.05) is 80.8 Å². The number of furan rings is 1. The zero-order valence-electron chi connectivity index (χ0n) is 15.2. The summed E-state index contributed by atoms with van der Waals surface area (Å²) in [5.74, 6) is 1.65. The quantitative estimate of drug-likeness (QED) is 0.680. The van der Waals surface area contributed by atoms with Gasteiger partial charge in [0.05, 0.1) is 0 Å². The Kier molecular flexibility index (Phi) is 5.87. The molecule has 0 aliphatic rings. The molecule has 1 amide bonds. The van der Waals surface area contributed by atoms with Crippen molar-refractivity contribution >= 4 is 11.6 Å². The summed E-state index contributed by atoms with van der Waals surface area (Å²) in [6, 6.07) is 21.8. The largest absolute Gasteiger partial charge is 0.461 e. The Bertz CT molecular complexity index is 853. The molecule has 4 nitrogen and oxygen atoms in total. The van der Waals surface area contributed by atoms with Crippen LogP contribution in [0.4, 0.5) is 5.69 Å². The molecule has 0 atom stereocenters. The van der Waals surface area contributed by atoms with Crippen LogP contribution < -0.4 is 5.32 Å². The molecule has 0 aliphatic carbocycles. The normalized spacial score (nSPS) is 10.9. The van der Waals surface area contributed by atoms with Crippen molar-refractivity contribution in [3.63, 3.8) is 0 Å². The number of rotatable bonds is 7. The van der Waals surface area contributed by atoms with Gasteiger partial charge in [-0.2, -0.15) is 0 Å². The van der Waals surface area contributed by atoms with Gasteiger partial charge in [-0.15, -0.1) is 0 Å². The lowest BCUT2D eigenvalue weighted by Crippen LogP contribution is -2.16. The highest BCUT2D eigenvalue weighted by molar-refractivity contribution is 5.91. The van der Waals surface area contributed by atoms with E-state index in [-0.39, 0.29) is 5.91 Å². The number of amides is 1. The van der Waals surface area contributed by atoms with Crippen LogP contribution in [-0.4, -0.2) is 24.9 Å². The van der Waals surface area contributed by atoms with Crippen molar-refractivity contribution in [2.24, 2.45) is 0 Å². The Morgan fingerprint density at radius 3 is 2.46 bits per heavy atom. The number of nitrogens with zero attached hydrogens (tertiary/aromatic N) is 1. The molecule has 0 unspecified atom stereocenters. The molecule has 0 saturated carbocycles. The van der Waals surface area contributed by atoms with Crippen molar-refractivity contribution in [3.8, 4) is 11.3 Å². The molecule has 3 rings (SSSR count). The maximum absolute atomic E-state index is 12.3. The summed E-state index contributed by atoms with van der Waals surface area (Å²) < 4.78 is 5.86. The van der Waals surface area contributed by atoms with E-state index in [1.54, 1.807) is 0 Å². The van der Waals surface area contributed by atoms with Crippen LogP contribution in [0.5, 0.6) is 0 Å². The average molecular weight is 348 g/mol. The molecule has 0 radical (unpaired) electrons. The molecule has 3 aromatic rings. The maximum atomic E-state index is 12.3. The van der Waals surface area contributed by atoms with Crippen molar-refractivity contribution < 1.29 is 9.21 Å². The van der Waals surface area contributed by atoms with Crippen LogP contribution in [0.1, 0.15) is 17.7 Å². The van der Waals surface area contributed by atoms with Crippen molar-refractivity contribution in [2.75, 3.05) is 19.4 Å². The lowest BCUT2D eigenvalue weighted by atomic mass is 10.1. The summed E-state index contributed by atoms with van der Waals surface area (Å²) in [4.78, 5) is 14.4. The molecule has 134 valence electrons. The van der Waals surface area contributed by atoms with Gasteiger partial charge in [0.2, 0.25) is 5.91 Å². The molecular weight excluding hydrogens is 324 g/mol. The monoisotopic (exact) mass is 348 g/mol. The highest BCUT2D eigenvalue weighted by atomic mass is 16.3. The minimum absolute atomic E-state index is 0.00568. The summed E-state index contributed by atoms with van der Waals surface area (Å²) in [7, 11) is 4.03. The topological polar surface area (TPSA) is 45.5 Å². The molecule has 4 heteroatoms. The fraction of sp³-hybridized carbons (Fsp3) is 0.227. The van der Waals surface area contributed by atoms with Crippen LogP contribution in [0.25, 0.3) is 11.3 Å². The first-order valence-corrected chi connectivity index (χ1v) is 8.78. The van der Waals surface area contributed by atoms with Gasteiger partial charge in [-0.1, -0.05) is 48.5 Å². The van der Waals surface area contributed by atoms with Gasteiger partial charge >= 0.3 is 0 Å². The van der Waals surface area contributed by atoms with E-state index >= 15 is 0 Å². The third-order valence-electron chi connectivity index (χ3n) is 4.10. The minimum atomic E-state index is -0.00568. The lowest BCUT2D eigenvalue weighted by Gasteiger charge is -2.14. The SMILES string of the molecule is CN(C)Cc1ccccc1NC(=O)CCc1ccc(-c2ccccc2)o1. The second kappa shape index (κ2) is 8.50. The van der Waals surface area contributed by atoms with Crippen LogP contribution in [0.3, 0.4) is 0 Å². The second-order valence-corrected chi connectivity index (χ2v) is 6.58. The number of para-hydroxylation sites is 1. The van der Waals surface area contributed by atoms with Crippen molar-refractivity contribution in [3.05, 3.63) is 78.1 Å². The number of anilines is 1. The van der Waals surface area contributed by atoms with Gasteiger partial charge in [0.15, 0.2) is 0 Å². The molecule has 1 aromatic heterocycles. The number of aryl methyl sites for hydroxylation is 1. The Balaban J connectivity index is 1.58. The molecule has 0 saturated heterocycles. The smallest absolute Gasteiger partial charge is 0.224 e. The molecule has 0 bridgehead atoms. The minimum Gasteiger partial charge on any atom is -0.461 e. The van der Waals surface area contributed by atoms with Gasteiger partial charge in [-0.3, -0.25) is 4.79 Å². The molecule has 2 aromatic carbocycles. The third kappa shape index (κ3) is 4.83. The van der Waals surface area contributed by atoms with E-state index < -0.39 is 0 Å². The predicted octanol–water partition coefficient (Wildman–Crippen LogP) is 4.58. The van der Waals surface area contributed by atoms with Crippen LogP contribution in [0.2, 0.25) is 0 Å². The fourth-order valence-corrected chi connectivity index (χ4v) is 2.84. The van der Waals surface area contributed by atoms with Gasteiger partial charge in [0.25, 0.3) is 0 Å². The number of hydrogen-bond acceptors (Lipinski definition) is 3. The van der Waals surface area contributed by atoms with Crippen LogP contribution in [0.15, 0.2) is 71.1 Å². The molecular formula is C22H24N2O2. The van der Waals surface area contributed by atoms with Crippen molar-refractivity contribution in [1.29, 1.82) is 0 Å². The summed E-state index contributed by atoms with van der Waals surface area (Å²) in [6.45, 7) is 0.787. The van der Waals surface area contributed by atoms with Gasteiger partial charge in [0, 0.05) is 30.6 Å². The first kappa shape index (κ1) is 18.0. The van der Waals surface area contributed by atoms with Crippen LogP contribution >= 0.6 is 0 Å². The number of benzene rings is 2. The summed E-state index contributed by atoms with van der Waals surface area (Å²) in [5, 5.41) is 3.02. The van der Waals surface area contributed by atoms with Gasteiger partial charge in [-0.05, 0) is 37.9 Å². The average Bonchev–Trinajstić information content (AvgIpc) is 3.11. The Labute approximate surface area is 154 Å². The fourth-order valence-electron chi connectivity index (χ4n) is 2.84. The highest BCUT2D eigenvalue weighted by Crippen LogP contribution is 2.23. The first-order chi connectivity index (χ1) is 12.6. The van der Waals surface area contributed by atoms with E-state index in [0.717, 1.165) is 34.9 Å². The second-order valence-electron chi connectivity index (χ2n) is 6.58. The molecule has 1 N–H and O–H groups in total. The van der Waals surface area contributed by atoms with Gasteiger partial charge < -0.3 is 14.6 Å². The Morgan fingerprint density at radius 2 is 1.69 bits per heavy atom. The molecule has 0 fully saturated rings. The van der Waals surface area contributed by atoms with E-state index in [2.05, 4.69) is 10.2 Å². The van der Waals surface area contributed by atoms with Crippen LogP contribution in [0, 0.1) is 0 Å². The van der Waals surface area contributed by atoms with E-state index in [1.165, 1.54) is 0 Å². The third-order valence-corrected chi connectivity index (χ3v) is 4.10. The zero-order chi connectivity index (χ0) is 18.4. The van der Waals surface area contributed by atoms with Crippen LogP contribution in [-0.2, 0) is 17.8 Å². The molecule has 26 heavy (non-hydrogen) atoms. The number of nitrogens with one attached hydrogen (secondary N) is 1. The van der Waals surface area contributed by atoms with E-state index in [9.17, 15) is 4.79 Å². The standard InChI is InChI=1S/C22H24N2O2/c1-24(2)16-18-10-6-7-11-20(18)23-22(25)15-13-19-12-14-21(26-19)17-8-4-3-5-9-17/h3-12,14H,13,15-16H2,1-2H3,(H,23,25). The van der Waals surface area contributed by atoms with E-state index in [0.29, 0.717) is 12.8 Å². The Hall–Kier alpha value is -2.85. The maximum Gasteiger partial charge on any atom is 0.224 e. The summed E-state index contributed by atoms with van der Waals surface area (Å²) in [6.07, 6.45) is 0.965. The predicted molar refractivity (Wildman–Crippen MR) is 105 cm³/mol. The summed E-state index contributed by atoms with van der Waals surface area (Å²) in [5.41, 5.74) is 3.02. The molecule has 1 heterocycles. The molecule has 0 spiro atoms. The van der Waals surface area contributed by atoms with Gasteiger partial charge in [-0.25, -0.2) is 0 Å². The Morgan fingerprint density at radius 1 is 0.962 bits per heavy atom. The van der Waals surface area contributed by atoms with E-state index in [4.69, 9.17) is 4.42 Å². The number of hydrogen-bond donors (Lipinski definition) is 1. The number of carbonyl (C=O) groups excluding carboxylic acids is 1. The van der Waals surface area contributed by atoms with Gasteiger partial charge in [0.1, 0.15) is 11.5 Å². The summed E-state index contributed by atoms with van der Waals surface area (Å²) >= 11 is 0. The van der Waals surface area contributed by atoms with Crippen molar-refractivity contribution in [2.45, 2.75) is 19.4 Å². The zero-order valence-corrected chi connectivity index (χ0v) is 15.2. The van der Waals surface area contributed by atoms with Crippen molar-refractivity contribution in [1.82, 2.24) is 4.90 Å². The first-order valence-electron chi connectivity index (χ1n) is 8.78.